The molecule has 0 spiro atoms. The minimum atomic E-state index is -0.705. The molecule has 1 N–H and O–H groups in total. The van der Waals surface area contributed by atoms with Gasteiger partial charge in [-0.1, -0.05) is 30.3 Å². The van der Waals surface area contributed by atoms with Crippen LogP contribution in [0.4, 0.5) is 5.69 Å². The summed E-state index contributed by atoms with van der Waals surface area (Å²) >= 11 is 0. The SMILES string of the molecule is CCOc1cc(-c2ccccc2)cc(C(Nc2ccc(C#N)cc2)OC(C)=O)c1. The van der Waals surface area contributed by atoms with Crippen molar-refractivity contribution in [3.63, 3.8) is 0 Å². The lowest BCUT2D eigenvalue weighted by Gasteiger charge is -2.22. The smallest absolute Gasteiger partial charge is 0.304 e. The third kappa shape index (κ3) is 5.36. The number of rotatable bonds is 7. The van der Waals surface area contributed by atoms with Gasteiger partial charge in [-0.05, 0) is 60.5 Å². The van der Waals surface area contributed by atoms with Crippen LogP contribution in [0, 0.1) is 11.3 Å². The maximum absolute atomic E-state index is 11.7. The highest BCUT2D eigenvalue weighted by Gasteiger charge is 2.17. The largest absolute Gasteiger partial charge is 0.494 e. The van der Waals surface area contributed by atoms with Crippen molar-refractivity contribution in [2.75, 3.05) is 11.9 Å². The molecule has 3 rings (SSSR count). The second-order valence-electron chi connectivity index (χ2n) is 6.41. The molecule has 0 bridgehead atoms. The van der Waals surface area contributed by atoms with Gasteiger partial charge in [0.1, 0.15) is 5.75 Å². The number of nitrogens with one attached hydrogen (secondary N) is 1. The van der Waals surface area contributed by atoms with E-state index in [2.05, 4.69) is 11.4 Å². The molecule has 0 heterocycles. The summed E-state index contributed by atoms with van der Waals surface area (Å²) in [5.74, 6) is 0.293. The second-order valence-corrected chi connectivity index (χ2v) is 6.41. The molecule has 0 fully saturated rings. The van der Waals surface area contributed by atoms with Gasteiger partial charge in [-0.25, -0.2) is 0 Å². The Kier molecular flexibility index (Phi) is 6.49. The highest BCUT2D eigenvalue weighted by atomic mass is 16.6. The number of carbonyl (C=O) groups excluding carboxylic acids is 1. The Bertz CT molecular complexity index is 1010. The molecule has 0 saturated carbocycles. The Morgan fingerprint density at radius 1 is 1.03 bits per heavy atom. The normalized spacial score (nSPS) is 11.2. The predicted molar refractivity (Wildman–Crippen MR) is 112 cm³/mol. The number of benzene rings is 3. The molecule has 5 nitrogen and oxygen atoms in total. The zero-order chi connectivity index (χ0) is 20.6. The van der Waals surface area contributed by atoms with Crippen molar-refractivity contribution in [2.24, 2.45) is 0 Å². The van der Waals surface area contributed by atoms with Gasteiger partial charge in [0.2, 0.25) is 0 Å². The molecule has 146 valence electrons. The van der Waals surface area contributed by atoms with Crippen molar-refractivity contribution in [3.05, 3.63) is 83.9 Å². The molecular weight excluding hydrogens is 364 g/mol. The molecule has 0 amide bonds. The van der Waals surface area contributed by atoms with E-state index in [9.17, 15) is 4.79 Å². The fourth-order valence-electron chi connectivity index (χ4n) is 2.96. The van der Waals surface area contributed by atoms with E-state index in [1.807, 2.05) is 55.5 Å². The highest BCUT2D eigenvalue weighted by Crippen LogP contribution is 2.31. The van der Waals surface area contributed by atoms with Crippen molar-refractivity contribution in [2.45, 2.75) is 20.1 Å². The molecule has 0 aliphatic carbocycles. The van der Waals surface area contributed by atoms with Gasteiger partial charge in [0.15, 0.2) is 6.23 Å². The zero-order valence-electron chi connectivity index (χ0n) is 16.4. The van der Waals surface area contributed by atoms with Gasteiger partial charge in [-0.3, -0.25) is 4.79 Å². The van der Waals surface area contributed by atoms with Gasteiger partial charge in [-0.15, -0.1) is 0 Å². The fraction of sp³-hybridized carbons (Fsp3) is 0.167. The Morgan fingerprint density at radius 3 is 2.38 bits per heavy atom. The maximum Gasteiger partial charge on any atom is 0.304 e. The van der Waals surface area contributed by atoms with Crippen LogP contribution in [0.1, 0.15) is 31.2 Å². The maximum atomic E-state index is 11.7. The fourth-order valence-corrected chi connectivity index (χ4v) is 2.96. The minimum Gasteiger partial charge on any atom is -0.494 e. The molecule has 5 heteroatoms. The van der Waals surface area contributed by atoms with Gasteiger partial charge in [0, 0.05) is 18.2 Å². The number of hydrogen-bond acceptors (Lipinski definition) is 5. The lowest BCUT2D eigenvalue weighted by molar-refractivity contribution is -0.145. The summed E-state index contributed by atoms with van der Waals surface area (Å²) in [7, 11) is 0. The van der Waals surface area contributed by atoms with Gasteiger partial charge >= 0.3 is 5.97 Å². The Labute approximate surface area is 170 Å². The van der Waals surface area contributed by atoms with Gasteiger partial charge in [-0.2, -0.15) is 5.26 Å². The van der Waals surface area contributed by atoms with E-state index in [-0.39, 0.29) is 0 Å². The van der Waals surface area contributed by atoms with E-state index in [0.29, 0.717) is 17.9 Å². The van der Waals surface area contributed by atoms with Crippen molar-refractivity contribution < 1.29 is 14.3 Å². The summed E-state index contributed by atoms with van der Waals surface area (Å²) in [6.07, 6.45) is -0.705. The third-order valence-corrected chi connectivity index (χ3v) is 4.25. The number of nitriles is 1. The first-order valence-electron chi connectivity index (χ1n) is 9.36. The molecular formula is C24H22N2O3. The van der Waals surface area contributed by atoms with E-state index >= 15 is 0 Å². The molecule has 0 saturated heterocycles. The standard InChI is InChI=1S/C24H22N2O3/c1-3-28-23-14-20(19-7-5-4-6-8-19)13-21(15-23)24(29-17(2)27)26-22-11-9-18(16-25)10-12-22/h4-15,24,26H,3H2,1-2H3. The van der Waals surface area contributed by atoms with E-state index in [1.165, 1.54) is 6.92 Å². The van der Waals surface area contributed by atoms with Crippen LogP contribution in [0.15, 0.2) is 72.8 Å². The van der Waals surface area contributed by atoms with Crippen LogP contribution in [0.25, 0.3) is 11.1 Å². The molecule has 0 aromatic heterocycles. The number of hydrogen-bond donors (Lipinski definition) is 1. The van der Waals surface area contributed by atoms with E-state index in [4.69, 9.17) is 14.7 Å². The van der Waals surface area contributed by atoms with Crippen LogP contribution in [0.2, 0.25) is 0 Å². The first-order chi connectivity index (χ1) is 14.1. The molecule has 0 radical (unpaired) electrons. The monoisotopic (exact) mass is 386 g/mol. The average Bonchev–Trinajstić information content (AvgIpc) is 2.74. The number of carbonyl (C=O) groups is 1. The molecule has 0 aliphatic rings. The Hall–Kier alpha value is -3.78. The van der Waals surface area contributed by atoms with Gasteiger partial charge in [0.25, 0.3) is 0 Å². The van der Waals surface area contributed by atoms with Gasteiger partial charge in [0.05, 0.1) is 18.2 Å². The quantitative estimate of drug-likeness (QED) is 0.441. The van der Waals surface area contributed by atoms with Crippen LogP contribution in [-0.2, 0) is 9.53 Å². The zero-order valence-corrected chi connectivity index (χ0v) is 16.4. The lowest BCUT2D eigenvalue weighted by atomic mass is 10.0. The van der Waals surface area contributed by atoms with Crippen molar-refractivity contribution in [1.82, 2.24) is 0 Å². The van der Waals surface area contributed by atoms with Crippen molar-refractivity contribution >= 4 is 11.7 Å². The van der Waals surface area contributed by atoms with E-state index < -0.39 is 12.2 Å². The number of ether oxygens (including phenoxy) is 2. The van der Waals surface area contributed by atoms with Crippen LogP contribution in [-0.4, -0.2) is 12.6 Å². The summed E-state index contributed by atoms with van der Waals surface area (Å²) in [5, 5.41) is 12.2. The Balaban J connectivity index is 2.00. The third-order valence-electron chi connectivity index (χ3n) is 4.25. The summed E-state index contributed by atoms with van der Waals surface area (Å²) in [6, 6.07) is 24.8. The summed E-state index contributed by atoms with van der Waals surface area (Å²) in [4.78, 5) is 11.7. The first kappa shape index (κ1) is 20.0. The average molecular weight is 386 g/mol. The molecule has 3 aromatic rings. The summed E-state index contributed by atoms with van der Waals surface area (Å²) in [6.45, 7) is 3.82. The second kappa shape index (κ2) is 9.43. The van der Waals surface area contributed by atoms with Crippen LogP contribution in [0.5, 0.6) is 5.75 Å². The number of esters is 1. The lowest BCUT2D eigenvalue weighted by Crippen LogP contribution is -2.17. The molecule has 0 aliphatic heterocycles. The van der Waals surface area contributed by atoms with E-state index in [1.54, 1.807) is 24.3 Å². The molecule has 1 atom stereocenters. The molecule has 1 unspecified atom stereocenters. The summed E-state index contributed by atoms with van der Waals surface area (Å²) < 4.78 is 11.3. The van der Waals surface area contributed by atoms with Crippen molar-refractivity contribution in [1.29, 1.82) is 5.26 Å². The summed E-state index contributed by atoms with van der Waals surface area (Å²) in [5.41, 5.74) is 4.05. The predicted octanol–water partition coefficient (Wildman–Crippen LogP) is 5.30. The topological polar surface area (TPSA) is 71.3 Å². The van der Waals surface area contributed by atoms with Gasteiger partial charge < -0.3 is 14.8 Å². The van der Waals surface area contributed by atoms with Crippen LogP contribution >= 0.6 is 0 Å². The van der Waals surface area contributed by atoms with Crippen molar-refractivity contribution in [3.8, 4) is 22.9 Å². The minimum absolute atomic E-state index is 0.404. The van der Waals surface area contributed by atoms with Crippen LogP contribution in [0.3, 0.4) is 0 Å². The number of anilines is 1. The van der Waals surface area contributed by atoms with Crippen LogP contribution < -0.4 is 10.1 Å². The molecule has 3 aromatic carbocycles. The molecule has 29 heavy (non-hydrogen) atoms. The first-order valence-corrected chi connectivity index (χ1v) is 9.36. The number of nitrogens with zero attached hydrogens (tertiary/aromatic N) is 1. The van der Waals surface area contributed by atoms with E-state index in [0.717, 1.165) is 22.4 Å². The Morgan fingerprint density at radius 2 is 1.76 bits per heavy atom. The highest BCUT2D eigenvalue weighted by molar-refractivity contribution is 5.69.